The molecule has 1 fully saturated rings. The number of oxazole rings is 1. The first kappa shape index (κ1) is 13.4. The third kappa shape index (κ3) is 2.51. The van der Waals surface area contributed by atoms with Gasteiger partial charge in [0, 0.05) is 32.2 Å². The van der Waals surface area contributed by atoms with E-state index in [9.17, 15) is 4.79 Å². The number of fused-ring (bicyclic) bond motifs is 1. The second kappa shape index (κ2) is 5.42. The molecule has 0 aliphatic carbocycles. The largest absolute Gasteiger partial charge is 0.417 e. The van der Waals surface area contributed by atoms with E-state index in [0.29, 0.717) is 17.5 Å². The minimum atomic E-state index is -0.389. The zero-order chi connectivity index (χ0) is 14.1. The minimum absolute atomic E-state index is 0.363. The van der Waals surface area contributed by atoms with Crippen LogP contribution in [-0.4, -0.2) is 36.1 Å². The van der Waals surface area contributed by atoms with Gasteiger partial charge in [-0.25, -0.2) is 4.79 Å². The SMILES string of the molecule is CC(C)C(c1ccc2[nH]c(=O)oc2c1)N1CCNCC1. The summed E-state index contributed by atoms with van der Waals surface area (Å²) in [6, 6.07) is 6.40. The van der Waals surface area contributed by atoms with Crippen molar-refractivity contribution >= 4 is 11.1 Å². The van der Waals surface area contributed by atoms with Crippen molar-refractivity contribution in [2.24, 2.45) is 5.92 Å². The maximum absolute atomic E-state index is 11.3. The summed E-state index contributed by atoms with van der Waals surface area (Å²) in [4.78, 5) is 16.5. The maximum Gasteiger partial charge on any atom is 0.417 e. The summed E-state index contributed by atoms with van der Waals surface area (Å²) in [6.07, 6.45) is 0. The van der Waals surface area contributed by atoms with Gasteiger partial charge in [-0.1, -0.05) is 19.9 Å². The Morgan fingerprint density at radius 2 is 2.00 bits per heavy atom. The van der Waals surface area contributed by atoms with Crippen LogP contribution < -0.4 is 11.1 Å². The van der Waals surface area contributed by atoms with Crippen LogP contribution in [0.4, 0.5) is 0 Å². The van der Waals surface area contributed by atoms with Crippen molar-refractivity contribution in [3.05, 3.63) is 34.3 Å². The van der Waals surface area contributed by atoms with Gasteiger partial charge < -0.3 is 9.73 Å². The Balaban J connectivity index is 1.97. The summed E-state index contributed by atoms with van der Waals surface area (Å²) in [5.74, 6) is 0.122. The number of hydrogen-bond donors (Lipinski definition) is 2. The summed E-state index contributed by atoms with van der Waals surface area (Å²) in [6.45, 7) is 8.65. The minimum Gasteiger partial charge on any atom is -0.408 e. The fourth-order valence-electron chi connectivity index (χ4n) is 3.12. The van der Waals surface area contributed by atoms with Gasteiger partial charge in [-0.05, 0) is 23.6 Å². The van der Waals surface area contributed by atoms with Gasteiger partial charge in [0.25, 0.3) is 0 Å². The van der Waals surface area contributed by atoms with Gasteiger partial charge in [-0.2, -0.15) is 0 Å². The molecule has 0 bridgehead atoms. The molecule has 2 aromatic rings. The topological polar surface area (TPSA) is 61.3 Å². The van der Waals surface area contributed by atoms with E-state index in [1.54, 1.807) is 0 Å². The van der Waals surface area contributed by atoms with Crippen LogP contribution in [0.25, 0.3) is 11.1 Å². The van der Waals surface area contributed by atoms with E-state index in [4.69, 9.17) is 4.42 Å². The molecule has 5 nitrogen and oxygen atoms in total. The third-order valence-electron chi connectivity index (χ3n) is 3.96. The lowest BCUT2D eigenvalue weighted by Gasteiger charge is -2.37. The lowest BCUT2D eigenvalue weighted by molar-refractivity contribution is 0.137. The molecule has 0 radical (unpaired) electrons. The van der Waals surface area contributed by atoms with Gasteiger partial charge in [0.15, 0.2) is 5.58 Å². The fraction of sp³-hybridized carbons (Fsp3) is 0.533. The first-order chi connectivity index (χ1) is 9.65. The van der Waals surface area contributed by atoms with E-state index < -0.39 is 0 Å². The summed E-state index contributed by atoms with van der Waals surface area (Å²) in [5, 5.41) is 3.39. The average Bonchev–Trinajstić information content (AvgIpc) is 2.79. The van der Waals surface area contributed by atoms with Crippen LogP contribution in [0.5, 0.6) is 0 Å². The number of rotatable bonds is 3. The molecular weight excluding hydrogens is 254 g/mol. The van der Waals surface area contributed by atoms with Crippen LogP contribution >= 0.6 is 0 Å². The lowest BCUT2D eigenvalue weighted by atomic mass is 9.93. The first-order valence-electron chi connectivity index (χ1n) is 7.22. The lowest BCUT2D eigenvalue weighted by Crippen LogP contribution is -2.46. The molecule has 5 heteroatoms. The smallest absolute Gasteiger partial charge is 0.408 e. The van der Waals surface area contributed by atoms with E-state index in [0.717, 1.165) is 31.7 Å². The van der Waals surface area contributed by atoms with E-state index >= 15 is 0 Å². The Bertz CT molecular complexity index is 638. The Kier molecular flexibility index (Phi) is 3.63. The second-order valence-electron chi connectivity index (χ2n) is 5.74. The van der Waals surface area contributed by atoms with Gasteiger partial charge in [0.2, 0.25) is 0 Å². The molecule has 20 heavy (non-hydrogen) atoms. The van der Waals surface area contributed by atoms with Crippen molar-refractivity contribution < 1.29 is 4.42 Å². The number of piperazine rings is 1. The summed E-state index contributed by atoms with van der Waals surface area (Å²) < 4.78 is 5.18. The Hall–Kier alpha value is -1.59. The molecule has 1 aliphatic heterocycles. The van der Waals surface area contributed by atoms with Crippen LogP contribution in [0.15, 0.2) is 27.4 Å². The van der Waals surface area contributed by atoms with Crippen LogP contribution in [0, 0.1) is 5.92 Å². The van der Waals surface area contributed by atoms with Crippen molar-refractivity contribution in [1.29, 1.82) is 0 Å². The van der Waals surface area contributed by atoms with Crippen LogP contribution in [0.3, 0.4) is 0 Å². The molecule has 0 saturated carbocycles. The van der Waals surface area contributed by atoms with Crippen molar-refractivity contribution in [2.75, 3.05) is 26.2 Å². The van der Waals surface area contributed by atoms with E-state index in [2.05, 4.69) is 35.1 Å². The zero-order valence-corrected chi connectivity index (χ0v) is 12.0. The number of hydrogen-bond acceptors (Lipinski definition) is 4. The molecular formula is C15H21N3O2. The van der Waals surface area contributed by atoms with Crippen molar-refractivity contribution in [1.82, 2.24) is 15.2 Å². The van der Waals surface area contributed by atoms with E-state index in [1.165, 1.54) is 5.56 Å². The molecule has 1 unspecified atom stereocenters. The predicted molar refractivity (Wildman–Crippen MR) is 78.9 cm³/mol. The highest BCUT2D eigenvalue weighted by Gasteiger charge is 2.25. The fourth-order valence-corrected chi connectivity index (χ4v) is 3.12. The predicted octanol–water partition coefficient (Wildman–Crippen LogP) is 1.72. The molecule has 2 heterocycles. The monoisotopic (exact) mass is 275 g/mol. The van der Waals surface area contributed by atoms with Crippen LogP contribution in [0.1, 0.15) is 25.5 Å². The molecule has 0 amide bonds. The standard InChI is InChI=1S/C15H21N3O2/c1-10(2)14(18-7-5-16-6-8-18)11-3-4-12-13(9-11)20-15(19)17-12/h3-4,9-10,14,16H,5-8H2,1-2H3,(H,17,19). The molecule has 1 aliphatic rings. The zero-order valence-electron chi connectivity index (χ0n) is 12.0. The number of benzene rings is 1. The highest BCUT2D eigenvalue weighted by Crippen LogP contribution is 2.30. The Morgan fingerprint density at radius 1 is 1.25 bits per heavy atom. The number of nitrogens with zero attached hydrogens (tertiary/aromatic N) is 1. The molecule has 0 spiro atoms. The van der Waals surface area contributed by atoms with Gasteiger partial charge in [0.05, 0.1) is 5.52 Å². The summed E-state index contributed by atoms with van der Waals surface area (Å²) in [7, 11) is 0. The highest BCUT2D eigenvalue weighted by atomic mass is 16.4. The average molecular weight is 275 g/mol. The van der Waals surface area contributed by atoms with Crippen molar-refractivity contribution in [2.45, 2.75) is 19.9 Å². The quantitative estimate of drug-likeness (QED) is 0.895. The number of H-pyrrole nitrogens is 1. The van der Waals surface area contributed by atoms with Gasteiger partial charge >= 0.3 is 5.76 Å². The molecule has 108 valence electrons. The molecule has 2 N–H and O–H groups in total. The maximum atomic E-state index is 11.3. The second-order valence-corrected chi connectivity index (χ2v) is 5.74. The summed E-state index contributed by atoms with van der Waals surface area (Å²) in [5.41, 5.74) is 2.63. The van der Waals surface area contributed by atoms with Gasteiger partial charge in [0.1, 0.15) is 0 Å². The molecule has 1 saturated heterocycles. The molecule has 1 atom stereocenters. The normalized spacial score (nSPS) is 18.8. The van der Waals surface area contributed by atoms with Crippen LogP contribution in [0.2, 0.25) is 0 Å². The Morgan fingerprint density at radius 3 is 2.70 bits per heavy atom. The van der Waals surface area contributed by atoms with Crippen molar-refractivity contribution in [3.8, 4) is 0 Å². The van der Waals surface area contributed by atoms with Crippen molar-refractivity contribution in [3.63, 3.8) is 0 Å². The first-order valence-corrected chi connectivity index (χ1v) is 7.22. The third-order valence-corrected chi connectivity index (χ3v) is 3.96. The molecule has 1 aromatic heterocycles. The number of aromatic nitrogens is 1. The molecule has 3 rings (SSSR count). The van der Waals surface area contributed by atoms with Crippen LogP contribution in [-0.2, 0) is 0 Å². The van der Waals surface area contributed by atoms with E-state index in [-0.39, 0.29) is 5.76 Å². The Labute approximate surface area is 118 Å². The number of nitrogens with one attached hydrogen (secondary N) is 2. The molecule has 1 aromatic carbocycles. The van der Waals surface area contributed by atoms with Gasteiger partial charge in [-0.15, -0.1) is 0 Å². The van der Waals surface area contributed by atoms with E-state index in [1.807, 2.05) is 12.1 Å². The van der Waals surface area contributed by atoms with Gasteiger partial charge in [-0.3, -0.25) is 9.88 Å². The highest BCUT2D eigenvalue weighted by molar-refractivity contribution is 5.72. The summed E-state index contributed by atoms with van der Waals surface area (Å²) >= 11 is 0. The number of aromatic amines is 1.